The topological polar surface area (TPSA) is 27.0 Å². The van der Waals surface area contributed by atoms with E-state index >= 15 is 0 Å². The Hall–Kier alpha value is -1.40. The van der Waals surface area contributed by atoms with E-state index < -0.39 is 0 Å². The average Bonchev–Trinajstić information content (AvgIpc) is 2.26. The van der Waals surface area contributed by atoms with Crippen LogP contribution in [0.4, 0.5) is 4.39 Å². The third kappa shape index (κ3) is 4.00. The lowest BCUT2D eigenvalue weighted by atomic mass is 9.95. The Morgan fingerprint density at radius 3 is 2.44 bits per heavy atom. The number of nitriles is 1. The van der Waals surface area contributed by atoms with E-state index in [1.54, 1.807) is 12.1 Å². The molecule has 86 valence electrons. The van der Waals surface area contributed by atoms with Crippen molar-refractivity contribution in [2.45, 2.75) is 18.8 Å². The van der Waals surface area contributed by atoms with Gasteiger partial charge in [-0.3, -0.25) is 0 Å². The molecule has 0 radical (unpaired) electrons. The van der Waals surface area contributed by atoms with Gasteiger partial charge in [0.05, 0.1) is 12.0 Å². The molecular formula is C13H17FN2. The number of rotatable bonds is 5. The van der Waals surface area contributed by atoms with Gasteiger partial charge in [-0.25, -0.2) is 4.39 Å². The Morgan fingerprint density at radius 2 is 1.94 bits per heavy atom. The van der Waals surface area contributed by atoms with Gasteiger partial charge < -0.3 is 4.90 Å². The van der Waals surface area contributed by atoms with Gasteiger partial charge in [0.1, 0.15) is 5.82 Å². The smallest absolute Gasteiger partial charge is 0.123 e. The van der Waals surface area contributed by atoms with Gasteiger partial charge in [0.2, 0.25) is 0 Å². The molecule has 0 aliphatic carbocycles. The number of nitrogens with zero attached hydrogens (tertiary/aromatic N) is 2. The van der Waals surface area contributed by atoms with Crippen LogP contribution in [0.2, 0.25) is 0 Å². The fraction of sp³-hybridized carbons (Fsp3) is 0.462. The molecule has 1 aromatic carbocycles. The maximum absolute atomic E-state index is 12.7. The summed E-state index contributed by atoms with van der Waals surface area (Å²) in [5.41, 5.74) is 0.905. The summed E-state index contributed by atoms with van der Waals surface area (Å²) in [5.74, 6) is -0.380. The zero-order chi connectivity index (χ0) is 12.0. The van der Waals surface area contributed by atoms with Gasteiger partial charge >= 0.3 is 0 Å². The highest BCUT2D eigenvalue weighted by atomic mass is 19.1. The van der Waals surface area contributed by atoms with Crippen LogP contribution in [0, 0.1) is 17.1 Å². The van der Waals surface area contributed by atoms with E-state index in [9.17, 15) is 4.39 Å². The fourth-order valence-corrected chi connectivity index (χ4v) is 1.61. The second kappa shape index (κ2) is 6.24. The minimum Gasteiger partial charge on any atom is -0.309 e. The predicted molar refractivity (Wildman–Crippen MR) is 62.5 cm³/mol. The molecule has 0 aromatic heterocycles. The van der Waals surface area contributed by atoms with Crippen LogP contribution in [-0.2, 0) is 0 Å². The molecule has 0 saturated carbocycles. The molecule has 1 aromatic rings. The number of benzene rings is 1. The first kappa shape index (κ1) is 12.7. The molecule has 0 saturated heterocycles. The van der Waals surface area contributed by atoms with Crippen molar-refractivity contribution in [1.29, 1.82) is 5.26 Å². The van der Waals surface area contributed by atoms with Crippen LogP contribution in [0.1, 0.15) is 24.3 Å². The molecule has 2 nitrogen and oxygen atoms in total. The summed E-state index contributed by atoms with van der Waals surface area (Å²) in [7, 11) is 4.03. The van der Waals surface area contributed by atoms with E-state index in [0.717, 1.165) is 24.9 Å². The molecule has 0 N–H and O–H groups in total. The molecule has 0 amide bonds. The maximum Gasteiger partial charge on any atom is 0.123 e. The Labute approximate surface area is 96.3 Å². The molecule has 0 aliphatic heterocycles. The van der Waals surface area contributed by atoms with Crippen molar-refractivity contribution in [3.05, 3.63) is 35.6 Å². The van der Waals surface area contributed by atoms with Crippen LogP contribution in [-0.4, -0.2) is 25.5 Å². The van der Waals surface area contributed by atoms with Crippen LogP contribution in [0.25, 0.3) is 0 Å². The van der Waals surface area contributed by atoms with E-state index in [1.807, 2.05) is 14.1 Å². The first-order valence-corrected chi connectivity index (χ1v) is 5.43. The molecule has 16 heavy (non-hydrogen) atoms. The summed E-state index contributed by atoms with van der Waals surface area (Å²) in [6.07, 6.45) is 1.79. The maximum atomic E-state index is 12.7. The van der Waals surface area contributed by atoms with Gasteiger partial charge in [0, 0.05) is 0 Å². The molecular weight excluding hydrogens is 203 g/mol. The molecule has 0 bridgehead atoms. The Balaban J connectivity index is 2.55. The fourth-order valence-electron chi connectivity index (χ4n) is 1.61. The number of hydrogen-bond acceptors (Lipinski definition) is 2. The monoisotopic (exact) mass is 220 g/mol. The summed E-state index contributed by atoms with van der Waals surface area (Å²) in [6.45, 7) is 0.972. The molecule has 0 spiro atoms. The molecule has 1 rings (SSSR count). The number of halogens is 1. The number of hydrogen-bond donors (Lipinski definition) is 0. The van der Waals surface area contributed by atoms with E-state index in [4.69, 9.17) is 5.26 Å². The molecule has 0 fully saturated rings. The summed E-state index contributed by atoms with van der Waals surface area (Å²) in [4.78, 5) is 2.10. The first-order valence-electron chi connectivity index (χ1n) is 5.43. The van der Waals surface area contributed by atoms with E-state index in [1.165, 1.54) is 12.1 Å². The lowest BCUT2D eigenvalue weighted by molar-refractivity contribution is 0.391. The minimum atomic E-state index is -0.256. The van der Waals surface area contributed by atoms with E-state index in [-0.39, 0.29) is 11.7 Å². The average molecular weight is 220 g/mol. The molecule has 0 heterocycles. The lowest BCUT2D eigenvalue weighted by Gasteiger charge is -2.12. The van der Waals surface area contributed by atoms with Crippen LogP contribution in [0.3, 0.4) is 0 Å². The minimum absolute atomic E-state index is 0.124. The highest BCUT2D eigenvalue weighted by Crippen LogP contribution is 2.20. The highest BCUT2D eigenvalue weighted by molar-refractivity contribution is 5.25. The largest absolute Gasteiger partial charge is 0.309 e. The quantitative estimate of drug-likeness (QED) is 0.763. The second-order valence-electron chi connectivity index (χ2n) is 4.18. The van der Waals surface area contributed by atoms with Crippen molar-refractivity contribution in [1.82, 2.24) is 4.90 Å². The van der Waals surface area contributed by atoms with Crippen molar-refractivity contribution in [2.75, 3.05) is 20.6 Å². The van der Waals surface area contributed by atoms with Gasteiger partial charge in [-0.2, -0.15) is 5.26 Å². The SMILES string of the molecule is CN(C)CCCC(C#N)c1ccc(F)cc1. The van der Waals surface area contributed by atoms with Crippen molar-refractivity contribution in [2.24, 2.45) is 0 Å². The van der Waals surface area contributed by atoms with Crippen molar-refractivity contribution in [3.63, 3.8) is 0 Å². The van der Waals surface area contributed by atoms with Gasteiger partial charge in [-0.05, 0) is 51.2 Å². The summed E-state index contributed by atoms with van der Waals surface area (Å²) in [6, 6.07) is 8.47. The Kier molecular flexibility index (Phi) is 4.94. The van der Waals surface area contributed by atoms with Crippen molar-refractivity contribution >= 4 is 0 Å². The Bertz CT molecular complexity index is 351. The summed E-state index contributed by atoms with van der Waals surface area (Å²) in [5, 5.41) is 9.06. The molecule has 1 atom stereocenters. The van der Waals surface area contributed by atoms with Crippen molar-refractivity contribution in [3.8, 4) is 6.07 Å². The van der Waals surface area contributed by atoms with Crippen LogP contribution < -0.4 is 0 Å². The van der Waals surface area contributed by atoms with Crippen LogP contribution in [0.15, 0.2) is 24.3 Å². The molecule has 3 heteroatoms. The highest BCUT2D eigenvalue weighted by Gasteiger charge is 2.10. The van der Waals surface area contributed by atoms with Gasteiger partial charge in [0.15, 0.2) is 0 Å². The van der Waals surface area contributed by atoms with Crippen LogP contribution in [0.5, 0.6) is 0 Å². The third-order valence-corrected chi connectivity index (χ3v) is 2.53. The van der Waals surface area contributed by atoms with E-state index in [0.29, 0.717) is 0 Å². The zero-order valence-corrected chi connectivity index (χ0v) is 9.78. The normalized spacial score (nSPS) is 12.4. The standard InChI is InChI=1S/C13H17FN2/c1-16(2)9-3-4-12(10-15)11-5-7-13(14)8-6-11/h5-8,12H,3-4,9H2,1-2H3. The summed E-state index contributed by atoms with van der Waals surface area (Å²) < 4.78 is 12.7. The van der Waals surface area contributed by atoms with Crippen molar-refractivity contribution < 1.29 is 4.39 Å². The first-order chi connectivity index (χ1) is 7.63. The van der Waals surface area contributed by atoms with Gasteiger partial charge in [0.25, 0.3) is 0 Å². The summed E-state index contributed by atoms with van der Waals surface area (Å²) >= 11 is 0. The molecule has 0 aliphatic rings. The van der Waals surface area contributed by atoms with Gasteiger partial charge in [-0.15, -0.1) is 0 Å². The molecule has 1 unspecified atom stereocenters. The van der Waals surface area contributed by atoms with E-state index in [2.05, 4.69) is 11.0 Å². The predicted octanol–water partition coefficient (Wildman–Crippen LogP) is 2.77. The van der Waals surface area contributed by atoms with Gasteiger partial charge in [-0.1, -0.05) is 12.1 Å². The zero-order valence-electron chi connectivity index (χ0n) is 9.78. The Morgan fingerprint density at radius 1 is 1.31 bits per heavy atom. The van der Waals surface area contributed by atoms with Crippen LogP contribution >= 0.6 is 0 Å². The lowest BCUT2D eigenvalue weighted by Crippen LogP contribution is -2.13. The third-order valence-electron chi connectivity index (χ3n) is 2.53. The second-order valence-corrected chi connectivity index (χ2v) is 4.18.